The molecule has 0 saturated carbocycles. The molecule has 0 bridgehead atoms. The van der Waals surface area contributed by atoms with Crippen molar-refractivity contribution in [1.82, 2.24) is 0 Å². The number of hydrogen-bond acceptors (Lipinski definition) is 2. The molecule has 1 N–H and O–H groups in total. The maximum Gasteiger partial charge on any atom is 0.266 e. The molecule has 0 saturated heterocycles. The Morgan fingerprint density at radius 1 is 1.33 bits per heavy atom. The monoisotopic (exact) mass is 160 g/mol. The van der Waals surface area contributed by atoms with Crippen molar-refractivity contribution < 1.29 is 4.79 Å². The number of aliphatic imine (C=N–C) groups is 1. The Kier molecular flexibility index (Phi) is 1.63. The lowest BCUT2D eigenvalue weighted by molar-refractivity contribution is -0.109. The van der Waals surface area contributed by atoms with Crippen molar-refractivity contribution in [2.75, 3.05) is 5.32 Å². The van der Waals surface area contributed by atoms with Crippen LogP contribution in [-0.2, 0) is 11.3 Å². The summed E-state index contributed by atoms with van der Waals surface area (Å²) in [4.78, 5) is 14.9. The molecule has 3 nitrogen and oxygen atoms in total. The molecule has 0 atom stereocenters. The maximum absolute atomic E-state index is 11.0. The average Bonchev–Trinajstić information content (AvgIpc) is 2.25. The summed E-state index contributed by atoms with van der Waals surface area (Å²) in [6.45, 7) is 0.578. The minimum absolute atomic E-state index is 0.153. The van der Waals surface area contributed by atoms with Crippen molar-refractivity contribution in [1.29, 1.82) is 0 Å². The number of nitrogens with zero attached hydrogens (tertiary/aromatic N) is 1. The van der Waals surface area contributed by atoms with E-state index in [4.69, 9.17) is 0 Å². The predicted molar refractivity (Wildman–Crippen MR) is 47.3 cm³/mol. The molecule has 1 heterocycles. The Morgan fingerprint density at radius 3 is 3.08 bits per heavy atom. The van der Waals surface area contributed by atoms with Gasteiger partial charge in [0.2, 0.25) is 0 Å². The van der Waals surface area contributed by atoms with Gasteiger partial charge in [0.1, 0.15) is 0 Å². The molecule has 12 heavy (non-hydrogen) atoms. The summed E-state index contributed by atoms with van der Waals surface area (Å²) in [7, 11) is 0. The fourth-order valence-corrected chi connectivity index (χ4v) is 1.17. The number of para-hydroxylation sites is 1. The molecule has 0 fully saturated rings. The molecule has 0 unspecified atom stereocenters. The molecule has 3 heteroatoms. The van der Waals surface area contributed by atoms with E-state index < -0.39 is 0 Å². The number of anilines is 1. The molecule has 1 aliphatic rings. The van der Waals surface area contributed by atoms with Crippen LogP contribution in [0, 0.1) is 0 Å². The third kappa shape index (κ3) is 1.21. The number of fused-ring (bicyclic) bond motifs is 1. The van der Waals surface area contributed by atoms with E-state index in [-0.39, 0.29) is 5.91 Å². The van der Waals surface area contributed by atoms with Crippen molar-refractivity contribution in [3.05, 3.63) is 29.8 Å². The van der Waals surface area contributed by atoms with Crippen LogP contribution in [0.15, 0.2) is 29.3 Å². The number of rotatable bonds is 0. The van der Waals surface area contributed by atoms with Gasteiger partial charge in [0.15, 0.2) is 0 Å². The Labute approximate surface area is 70.1 Å². The van der Waals surface area contributed by atoms with E-state index in [2.05, 4.69) is 10.3 Å². The molecule has 0 spiro atoms. The molecular weight excluding hydrogens is 152 g/mol. The maximum atomic E-state index is 11.0. The van der Waals surface area contributed by atoms with E-state index in [9.17, 15) is 4.79 Å². The van der Waals surface area contributed by atoms with E-state index >= 15 is 0 Å². The summed E-state index contributed by atoms with van der Waals surface area (Å²) in [5.41, 5.74) is 1.92. The van der Waals surface area contributed by atoms with Crippen LogP contribution in [0.1, 0.15) is 5.56 Å². The third-order valence-corrected chi connectivity index (χ3v) is 1.75. The van der Waals surface area contributed by atoms with Gasteiger partial charge < -0.3 is 5.32 Å². The van der Waals surface area contributed by atoms with Gasteiger partial charge >= 0.3 is 0 Å². The van der Waals surface area contributed by atoms with Crippen molar-refractivity contribution in [3.8, 4) is 0 Å². The number of carbonyl (C=O) groups is 1. The van der Waals surface area contributed by atoms with Crippen molar-refractivity contribution in [2.24, 2.45) is 4.99 Å². The van der Waals surface area contributed by atoms with Crippen LogP contribution in [0.5, 0.6) is 0 Å². The second-order valence-electron chi connectivity index (χ2n) is 2.62. The van der Waals surface area contributed by atoms with E-state index in [0.717, 1.165) is 11.3 Å². The van der Waals surface area contributed by atoms with Gasteiger partial charge in [0.25, 0.3) is 5.91 Å². The smallest absolute Gasteiger partial charge is 0.266 e. The van der Waals surface area contributed by atoms with Crippen LogP contribution in [0.3, 0.4) is 0 Å². The number of carbonyl (C=O) groups excluding carboxylic acids is 1. The zero-order valence-corrected chi connectivity index (χ0v) is 6.45. The molecule has 60 valence electrons. The normalized spacial score (nSPS) is 14.8. The van der Waals surface area contributed by atoms with Gasteiger partial charge in [-0.15, -0.1) is 0 Å². The van der Waals surface area contributed by atoms with Gasteiger partial charge in [-0.1, -0.05) is 18.2 Å². The zero-order valence-electron chi connectivity index (χ0n) is 6.45. The van der Waals surface area contributed by atoms with Gasteiger partial charge in [0.05, 0.1) is 12.8 Å². The highest BCUT2D eigenvalue weighted by Gasteiger charge is 2.06. The number of nitrogens with one attached hydrogen (secondary N) is 1. The Balaban J connectivity index is 2.44. The first-order valence-corrected chi connectivity index (χ1v) is 3.75. The van der Waals surface area contributed by atoms with E-state index in [1.54, 1.807) is 0 Å². The second kappa shape index (κ2) is 2.77. The molecule has 1 aliphatic heterocycles. The molecule has 0 aromatic heterocycles. The van der Waals surface area contributed by atoms with Gasteiger partial charge in [-0.05, 0) is 11.6 Å². The van der Waals surface area contributed by atoms with Gasteiger partial charge in [0, 0.05) is 5.69 Å². The van der Waals surface area contributed by atoms with Gasteiger partial charge in [-0.3, -0.25) is 9.79 Å². The standard InChI is InChI=1S/C9H8N2O/c12-9-6-10-5-7-3-1-2-4-8(7)11-9/h1-4,6H,5H2,(H,11,12). The molecule has 1 aromatic rings. The summed E-state index contributed by atoms with van der Waals surface area (Å²) < 4.78 is 0. The summed E-state index contributed by atoms with van der Waals surface area (Å²) in [6, 6.07) is 7.66. The Morgan fingerprint density at radius 2 is 2.17 bits per heavy atom. The zero-order chi connectivity index (χ0) is 8.39. The number of benzene rings is 1. The first-order chi connectivity index (χ1) is 5.86. The van der Waals surface area contributed by atoms with Crippen LogP contribution < -0.4 is 5.32 Å². The Hall–Kier alpha value is -1.64. The molecule has 1 amide bonds. The predicted octanol–water partition coefficient (Wildman–Crippen LogP) is 1.21. The topological polar surface area (TPSA) is 41.5 Å². The lowest BCUT2D eigenvalue weighted by Crippen LogP contribution is -2.11. The minimum atomic E-state index is -0.153. The van der Waals surface area contributed by atoms with Crippen molar-refractivity contribution >= 4 is 17.8 Å². The third-order valence-electron chi connectivity index (χ3n) is 1.75. The first kappa shape index (κ1) is 7.03. The summed E-state index contributed by atoms with van der Waals surface area (Å²) in [6.07, 6.45) is 1.32. The molecule has 0 radical (unpaired) electrons. The largest absolute Gasteiger partial charge is 0.321 e. The van der Waals surface area contributed by atoms with Crippen molar-refractivity contribution in [3.63, 3.8) is 0 Å². The fourth-order valence-electron chi connectivity index (χ4n) is 1.17. The number of hydrogen-bond donors (Lipinski definition) is 1. The SMILES string of the molecule is O=C1C=NCc2ccccc2N1. The van der Waals surface area contributed by atoms with Crippen LogP contribution in [-0.4, -0.2) is 12.1 Å². The average molecular weight is 160 g/mol. The first-order valence-electron chi connectivity index (χ1n) is 3.75. The minimum Gasteiger partial charge on any atom is -0.321 e. The quantitative estimate of drug-likeness (QED) is 0.609. The highest BCUT2D eigenvalue weighted by Crippen LogP contribution is 2.16. The van der Waals surface area contributed by atoms with Gasteiger partial charge in [-0.2, -0.15) is 0 Å². The fraction of sp³-hybridized carbons (Fsp3) is 0.111. The number of amides is 1. The van der Waals surface area contributed by atoms with Crippen molar-refractivity contribution in [2.45, 2.75) is 6.54 Å². The molecule has 2 rings (SSSR count). The van der Waals surface area contributed by atoms with Gasteiger partial charge in [-0.25, -0.2) is 0 Å². The van der Waals surface area contributed by atoms with E-state index in [0.29, 0.717) is 6.54 Å². The van der Waals surface area contributed by atoms with Crippen LogP contribution >= 0.6 is 0 Å². The molecule has 0 aliphatic carbocycles. The molecule has 1 aromatic carbocycles. The summed E-state index contributed by atoms with van der Waals surface area (Å²) in [5, 5.41) is 2.73. The second-order valence-corrected chi connectivity index (χ2v) is 2.62. The van der Waals surface area contributed by atoms with Crippen LogP contribution in [0.4, 0.5) is 5.69 Å². The lowest BCUT2D eigenvalue weighted by Gasteiger charge is -2.03. The van der Waals surface area contributed by atoms with Crippen LogP contribution in [0.25, 0.3) is 0 Å². The van der Waals surface area contributed by atoms with E-state index in [1.807, 2.05) is 24.3 Å². The summed E-state index contributed by atoms with van der Waals surface area (Å²) in [5.74, 6) is -0.153. The summed E-state index contributed by atoms with van der Waals surface area (Å²) >= 11 is 0. The Bertz CT molecular complexity index is 344. The molecular formula is C9H8N2O. The highest BCUT2D eigenvalue weighted by atomic mass is 16.1. The highest BCUT2D eigenvalue weighted by molar-refractivity contribution is 6.32. The lowest BCUT2D eigenvalue weighted by atomic mass is 10.2. The van der Waals surface area contributed by atoms with E-state index in [1.165, 1.54) is 6.21 Å². The van der Waals surface area contributed by atoms with Crippen LogP contribution in [0.2, 0.25) is 0 Å².